The van der Waals surface area contributed by atoms with Crippen LogP contribution in [0.25, 0.3) is 0 Å². The Morgan fingerprint density at radius 2 is 1.57 bits per heavy atom. The molecule has 1 aliphatic heterocycles. The maximum Gasteiger partial charge on any atom is 0.434 e. The van der Waals surface area contributed by atoms with Crippen molar-refractivity contribution in [1.29, 1.82) is 0 Å². The third-order valence-corrected chi connectivity index (χ3v) is 3.54. The van der Waals surface area contributed by atoms with E-state index in [-0.39, 0.29) is 18.6 Å². The summed E-state index contributed by atoms with van der Waals surface area (Å²) in [5.41, 5.74) is -0.301. The summed E-state index contributed by atoms with van der Waals surface area (Å²) in [5, 5.41) is 2.99. The van der Waals surface area contributed by atoms with E-state index in [0.717, 1.165) is 4.90 Å². The second-order valence-electron chi connectivity index (χ2n) is 5.14. The fraction of sp³-hybridized carbons (Fsp3) is 0.909. The summed E-state index contributed by atoms with van der Waals surface area (Å²) < 4.78 is 77.4. The van der Waals surface area contributed by atoms with Crippen LogP contribution < -0.4 is 5.32 Å². The van der Waals surface area contributed by atoms with Crippen LogP contribution in [-0.2, 0) is 4.74 Å². The van der Waals surface area contributed by atoms with Gasteiger partial charge in [0.2, 0.25) is 0 Å². The molecule has 124 valence electrons. The van der Waals surface area contributed by atoms with Gasteiger partial charge in [-0.1, -0.05) is 0 Å². The molecule has 1 N–H and O–H groups in total. The lowest BCUT2D eigenvalue weighted by Gasteiger charge is -2.39. The normalized spacial score (nSPS) is 19.8. The fourth-order valence-electron chi connectivity index (χ4n) is 1.93. The number of carbonyl (C=O) groups is 1. The van der Waals surface area contributed by atoms with Gasteiger partial charge in [-0.15, -0.1) is 0 Å². The summed E-state index contributed by atoms with van der Waals surface area (Å²) in [7, 11) is 1.69. The monoisotopic (exact) mass is 322 g/mol. The van der Waals surface area contributed by atoms with Crippen LogP contribution in [-0.4, -0.2) is 55.1 Å². The molecule has 1 saturated heterocycles. The van der Waals surface area contributed by atoms with Crippen LogP contribution >= 0.6 is 0 Å². The molecular formula is C11H16F6N2O2. The molecule has 1 rings (SSSR count). The standard InChI is InChI=1S/C11H16F6N2O2/c1-9(18-2)3-5-19(6-4-9)8(20)21-7(10(12,13)14)11(15,16)17/h7,18H,3-6H2,1-2H3. The maximum absolute atomic E-state index is 12.3. The van der Waals surface area contributed by atoms with Crippen LogP contribution in [0.3, 0.4) is 0 Å². The Balaban J connectivity index is 2.68. The molecule has 4 nitrogen and oxygen atoms in total. The predicted molar refractivity (Wildman–Crippen MR) is 60.7 cm³/mol. The Morgan fingerprint density at radius 1 is 1.14 bits per heavy atom. The molecule has 1 fully saturated rings. The predicted octanol–water partition coefficient (Wildman–Crippen LogP) is 2.69. The van der Waals surface area contributed by atoms with Crippen LogP contribution in [0.4, 0.5) is 31.1 Å². The molecule has 0 aromatic heterocycles. The number of alkyl halides is 6. The first kappa shape index (κ1) is 17.9. The van der Waals surface area contributed by atoms with Crippen molar-refractivity contribution in [2.24, 2.45) is 0 Å². The minimum atomic E-state index is -5.69. The minimum Gasteiger partial charge on any atom is -0.426 e. The van der Waals surface area contributed by atoms with Crippen molar-refractivity contribution in [2.75, 3.05) is 20.1 Å². The zero-order valence-corrected chi connectivity index (χ0v) is 11.4. The highest BCUT2D eigenvalue weighted by molar-refractivity contribution is 5.68. The van der Waals surface area contributed by atoms with Gasteiger partial charge in [0.1, 0.15) is 0 Å². The van der Waals surface area contributed by atoms with Crippen LogP contribution in [0.5, 0.6) is 0 Å². The summed E-state index contributed by atoms with van der Waals surface area (Å²) in [6, 6.07) is 0. The van der Waals surface area contributed by atoms with Crippen molar-refractivity contribution in [2.45, 2.75) is 43.8 Å². The van der Waals surface area contributed by atoms with Crippen LogP contribution in [0.2, 0.25) is 0 Å². The number of amides is 1. The van der Waals surface area contributed by atoms with E-state index in [1.165, 1.54) is 0 Å². The van der Waals surface area contributed by atoms with Crippen molar-refractivity contribution < 1.29 is 35.9 Å². The molecule has 0 radical (unpaired) electrons. The summed E-state index contributed by atoms with van der Waals surface area (Å²) in [6.07, 6.45) is -16.3. The molecule has 0 spiro atoms. The van der Waals surface area contributed by atoms with Gasteiger partial charge in [-0.2, -0.15) is 26.3 Å². The van der Waals surface area contributed by atoms with Gasteiger partial charge in [0.05, 0.1) is 0 Å². The van der Waals surface area contributed by atoms with Crippen molar-refractivity contribution >= 4 is 6.09 Å². The highest BCUT2D eigenvalue weighted by Gasteiger charge is 2.60. The molecule has 10 heteroatoms. The first-order valence-electron chi connectivity index (χ1n) is 6.17. The first-order valence-corrected chi connectivity index (χ1v) is 6.17. The molecule has 1 aliphatic rings. The van der Waals surface area contributed by atoms with E-state index < -0.39 is 24.5 Å². The Bertz CT molecular complexity index is 360. The van der Waals surface area contributed by atoms with Crippen LogP contribution in [0.1, 0.15) is 19.8 Å². The highest BCUT2D eigenvalue weighted by Crippen LogP contribution is 2.36. The third-order valence-electron chi connectivity index (χ3n) is 3.54. The molecule has 0 aromatic carbocycles. The molecule has 21 heavy (non-hydrogen) atoms. The van der Waals surface area contributed by atoms with E-state index in [1.807, 2.05) is 6.92 Å². The minimum absolute atomic E-state index is 0.0264. The number of hydrogen-bond acceptors (Lipinski definition) is 3. The molecule has 0 saturated carbocycles. The second-order valence-corrected chi connectivity index (χ2v) is 5.14. The SMILES string of the molecule is CNC1(C)CCN(C(=O)OC(C(F)(F)F)C(F)(F)F)CC1. The van der Waals surface area contributed by atoms with Crippen molar-refractivity contribution in [3.63, 3.8) is 0 Å². The maximum atomic E-state index is 12.3. The van der Waals surface area contributed by atoms with Crippen molar-refractivity contribution in [3.8, 4) is 0 Å². The number of likely N-dealkylation sites (tertiary alicyclic amines) is 1. The van der Waals surface area contributed by atoms with Crippen LogP contribution in [0, 0.1) is 0 Å². The molecule has 1 heterocycles. The van der Waals surface area contributed by atoms with E-state index in [4.69, 9.17) is 0 Å². The number of rotatable bonds is 2. The summed E-state index contributed by atoms with van der Waals surface area (Å²) >= 11 is 0. The number of hydrogen-bond donors (Lipinski definition) is 1. The van der Waals surface area contributed by atoms with Gasteiger partial charge in [-0.25, -0.2) is 4.79 Å². The largest absolute Gasteiger partial charge is 0.434 e. The number of nitrogens with zero attached hydrogens (tertiary/aromatic N) is 1. The first-order chi connectivity index (χ1) is 9.39. The summed E-state index contributed by atoms with van der Waals surface area (Å²) in [4.78, 5) is 12.3. The van der Waals surface area contributed by atoms with Gasteiger partial charge in [-0.3, -0.25) is 0 Å². The van der Waals surface area contributed by atoms with E-state index >= 15 is 0 Å². The van der Waals surface area contributed by atoms with Gasteiger partial charge >= 0.3 is 18.4 Å². The highest BCUT2D eigenvalue weighted by atomic mass is 19.4. The van der Waals surface area contributed by atoms with Gasteiger partial charge in [0.25, 0.3) is 6.10 Å². The molecule has 0 unspecified atom stereocenters. The molecule has 0 atom stereocenters. The van der Waals surface area contributed by atoms with E-state index in [9.17, 15) is 31.1 Å². The van der Waals surface area contributed by atoms with Gasteiger partial charge in [0, 0.05) is 18.6 Å². The molecule has 0 aliphatic carbocycles. The fourth-order valence-corrected chi connectivity index (χ4v) is 1.93. The zero-order chi connectivity index (χ0) is 16.5. The Hall–Kier alpha value is -1.19. The average molecular weight is 322 g/mol. The number of halogens is 6. The zero-order valence-electron chi connectivity index (χ0n) is 11.4. The summed E-state index contributed by atoms with van der Waals surface area (Å²) in [5.74, 6) is 0. The second kappa shape index (κ2) is 5.90. The number of carbonyl (C=O) groups excluding carboxylic acids is 1. The van der Waals surface area contributed by atoms with Gasteiger partial charge in [-0.05, 0) is 26.8 Å². The van der Waals surface area contributed by atoms with Gasteiger partial charge in [0.15, 0.2) is 0 Å². The Labute approximate surface area is 117 Å². The lowest BCUT2D eigenvalue weighted by Crippen LogP contribution is -2.53. The number of ether oxygens (including phenoxy) is 1. The van der Waals surface area contributed by atoms with E-state index in [1.54, 1.807) is 7.05 Å². The van der Waals surface area contributed by atoms with E-state index in [2.05, 4.69) is 10.1 Å². The number of piperidine rings is 1. The lowest BCUT2D eigenvalue weighted by atomic mass is 9.90. The Kier molecular flexibility index (Phi) is 5.01. The van der Waals surface area contributed by atoms with Crippen molar-refractivity contribution in [3.05, 3.63) is 0 Å². The Morgan fingerprint density at radius 3 is 1.90 bits per heavy atom. The summed E-state index contributed by atoms with van der Waals surface area (Å²) in [6.45, 7) is 1.90. The van der Waals surface area contributed by atoms with Crippen LogP contribution in [0.15, 0.2) is 0 Å². The quantitative estimate of drug-likeness (QED) is 0.795. The molecule has 0 aromatic rings. The molecule has 0 bridgehead atoms. The van der Waals surface area contributed by atoms with Crippen molar-refractivity contribution in [1.82, 2.24) is 10.2 Å². The third kappa shape index (κ3) is 4.65. The average Bonchev–Trinajstić information content (AvgIpc) is 2.34. The lowest BCUT2D eigenvalue weighted by molar-refractivity contribution is -0.308. The molecular weight excluding hydrogens is 306 g/mol. The topological polar surface area (TPSA) is 41.6 Å². The van der Waals surface area contributed by atoms with E-state index in [0.29, 0.717) is 12.8 Å². The smallest absolute Gasteiger partial charge is 0.426 e. The van der Waals surface area contributed by atoms with Gasteiger partial charge < -0.3 is 15.0 Å². The number of nitrogens with one attached hydrogen (secondary N) is 1. The molecule has 1 amide bonds.